The molecule has 3 aromatic carbocycles. The lowest BCUT2D eigenvalue weighted by Gasteiger charge is -2.15. The Morgan fingerprint density at radius 2 is 1.81 bits per heavy atom. The van der Waals surface area contributed by atoms with Crippen molar-refractivity contribution in [3.63, 3.8) is 0 Å². The molecule has 0 spiro atoms. The van der Waals surface area contributed by atoms with Gasteiger partial charge in [0.1, 0.15) is 18.2 Å². The minimum atomic E-state index is -0.399. The maximum atomic E-state index is 12.3. The first-order valence-electron chi connectivity index (χ1n) is 10.8. The normalized spacial score (nSPS) is 19.5. The van der Waals surface area contributed by atoms with Crippen LogP contribution in [0.2, 0.25) is 0 Å². The second-order valence-electron chi connectivity index (χ2n) is 8.25. The molecule has 2 aliphatic rings. The van der Waals surface area contributed by atoms with Crippen molar-refractivity contribution < 1.29 is 14.3 Å². The summed E-state index contributed by atoms with van der Waals surface area (Å²) in [7, 11) is 0. The fourth-order valence-corrected chi connectivity index (χ4v) is 4.53. The van der Waals surface area contributed by atoms with Gasteiger partial charge in [-0.15, -0.1) is 0 Å². The molecule has 5 rings (SSSR count). The van der Waals surface area contributed by atoms with Crippen LogP contribution in [0.5, 0.6) is 5.75 Å². The topological polar surface area (TPSA) is 88.6 Å². The van der Waals surface area contributed by atoms with Crippen molar-refractivity contribution in [1.82, 2.24) is 0 Å². The zero-order valence-corrected chi connectivity index (χ0v) is 17.7. The summed E-state index contributed by atoms with van der Waals surface area (Å²) in [5, 5.41) is 7.47. The number of hydrogen-bond acceptors (Lipinski definition) is 4. The fourth-order valence-electron chi connectivity index (χ4n) is 4.53. The van der Waals surface area contributed by atoms with Gasteiger partial charge >= 0.3 is 6.09 Å². The molecule has 0 aromatic heterocycles. The van der Waals surface area contributed by atoms with Gasteiger partial charge in [0.2, 0.25) is 0 Å². The van der Waals surface area contributed by atoms with Gasteiger partial charge < -0.3 is 15.2 Å². The average molecular weight is 428 g/mol. The van der Waals surface area contributed by atoms with Crippen LogP contribution in [0.25, 0.3) is 0 Å². The van der Waals surface area contributed by atoms with E-state index in [1.54, 1.807) is 29.2 Å². The predicted molar refractivity (Wildman–Crippen MR) is 124 cm³/mol. The first-order valence-corrected chi connectivity index (χ1v) is 10.8. The van der Waals surface area contributed by atoms with Crippen molar-refractivity contribution in [1.29, 1.82) is 5.41 Å². The Labute approximate surface area is 187 Å². The van der Waals surface area contributed by atoms with E-state index in [-0.39, 0.29) is 11.9 Å². The number of carbonyl (C=O) groups is 1. The van der Waals surface area contributed by atoms with Gasteiger partial charge in [0.15, 0.2) is 6.10 Å². The van der Waals surface area contributed by atoms with Gasteiger partial charge in [0.05, 0.1) is 6.54 Å². The number of anilines is 1. The van der Waals surface area contributed by atoms with Gasteiger partial charge in [-0.25, -0.2) is 4.79 Å². The largest absolute Gasteiger partial charge is 0.490 e. The van der Waals surface area contributed by atoms with Gasteiger partial charge in [-0.05, 0) is 65.9 Å². The quantitative estimate of drug-likeness (QED) is 0.449. The molecular formula is C26H25N3O3. The molecule has 1 saturated heterocycles. The number of fused-ring (bicyclic) bond motifs is 1. The van der Waals surface area contributed by atoms with Crippen LogP contribution in [-0.4, -0.2) is 31.2 Å². The number of carbonyl (C=O) groups excluding carboxylic acids is 1. The minimum Gasteiger partial charge on any atom is -0.490 e. The maximum Gasteiger partial charge on any atom is 0.414 e. The molecule has 0 saturated carbocycles. The molecule has 162 valence electrons. The molecule has 32 heavy (non-hydrogen) atoms. The summed E-state index contributed by atoms with van der Waals surface area (Å²) in [5.41, 5.74) is 11.0. The summed E-state index contributed by atoms with van der Waals surface area (Å²) in [4.78, 5) is 13.9. The van der Waals surface area contributed by atoms with Crippen molar-refractivity contribution >= 4 is 17.6 Å². The Hall–Kier alpha value is -3.80. The Kier molecular flexibility index (Phi) is 5.27. The third-order valence-corrected chi connectivity index (χ3v) is 6.22. The highest BCUT2D eigenvalue weighted by Crippen LogP contribution is 2.38. The lowest BCUT2D eigenvalue weighted by Crippen LogP contribution is -2.26. The van der Waals surface area contributed by atoms with E-state index >= 15 is 0 Å². The highest BCUT2D eigenvalue weighted by atomic mass is 16.6. The van der Waals surface area contributed by atoms with Gasteiger partial charge in [0.25, 0.3) is 0 Å². The number of aryl methyl sites for hydroxylation is 1. The molecule has 3 aromatic rings. The summed E-state index contributed by atoms with van der Waals surface area (Å²) in [6.45, 7) is 0.703. The van der Waals surface area contributed by atoms with Crippen LogP contribution in [0.1, 0.15) is 34.6 Å². The zero-order chi connectivity index (χ0) is 22.1. The van der Waals surface area contributed by atoms with E-state index in [0.29, 0.717) is 30.3 Å². The summed E-state index contributed by atoms with van der Waals surface area (Å²) >= 11 is 0. The maximum absolute atomic E-state index is 12.3. The highest BCUT2D eigenvalue weighted by Gasteiger charge is 2.33. The van der Waals surface area contributed by atoms with Gasteiger partial charge in [0, 0.05) is 17.2 Å². The second kappa shape index (κ2) is 8.38. The molecule has 1 amide bonds. The predicted octanol–water partition coefficient (Wildman–Crippen LogP) is 4.45. The first-order chi connectivity index (χ1) is 15.6. The second-order valence-corrected chi connectivity index (χ2v) is 8.25. The summed E-state index contributed by atoms with van der Waals surface area (Å²) in [6.07, 6.45) is 1.52. The van der Waals surface area contributed by atoms with Crippen molar-refractivity contribution in [3.8, 4) is 5.75 Å². The average Bonchev–Trinajstić information content (AvgIpc) is 3.41. The van der Waals surface area contributed by atoms with Crippen molar-refractivity contribution in [2.75, 3.05) is 18.1 Å². The smallest absolute Gasteiger partial charge is 0.414 e. The summed E-state index contributed by atoms with van der Waals surface area (Å²) < 4.78 is 11.4. The van der Waals surface area contributed by atoms with E-state index in [9.17, 15) is 4.79 Å². The molecule has 1 aliphatic carbocycles. The Balaban J connectivity index is 1.18. The molecular weight excluding hydrogens is 402 g/mol. The number of benzene rings is 3. The Bertz CT molecular complexity index is 1140. The van der Waals surface area contributed by atoms with Gasteiger partial charge in [-0.1, -0.05) is 36.4 Å². The standard InChI is InChI=1S/C26H25N3O3/c27-25(28)19-5-10-20(11-6-19)29-15-22(32-26(29)30)16-31-21-12-7-18(8-13-21)24-14-9-17-3-1-2-4-23(17)24/h1-8,10-13,22,24H,9,14-16H2,(H3,27,28). The molecule has 1 heterocycles. The number of hydrogen-bond donors (Lipinski definition) is 2. The number of nitrogen functional groups attached to an aromatic ring is 1. The Morgan fingerprint density at radius 1 is 1.06 bits per heavy atom. The van der Waals surface area contributed by atoms with E-state index in [4.69, 9.17) is 20.6 Å². The number of rotatable bonds is 6. The Morgan fingerprint density at radius 3 is 2.56 bits per heavy atom. The number of cyclic esters (lactones) is 1. The van der Waals surface area contributed by atoms with E-state index in [0.717, 1.165) is 18.6 Å². The fraction of sp³-hybridized carbons (Fsp3) is 0.231. The molecule has 0 bridgehead atoms. The van der Waals surface area contributed by atoms with Crippen molar-refractivity contribution in [2.45, 2.75) is 24.9 Å². The molecule has 6 heteroatoms. The summed E-state index contributed by atoms with van der Waals surface area (Å²) in [6, 6.07) is 23.9. The lowest BCUT2D eigenvalue weighted by molar-refractivity contribution is 0.105. The van der Waals surface area contributed by atoms with Gasteiger partial charge in [-0.2, -0.15) is 0 Å². The molecule has 1 aliphatic heterocycles. The van der Waals surface area contributed by atoms with Gasteiger partial charge in [-0.3, -0.25) is 10.3 Å². The molecule has 6 nitrogen and oxygen atoms in total. The van der Waals surface area contributed by atoms with E-state index in [1.165, 1.54) is 16.7 Å². The number of amides is 1. The van der Waals surface area contributed by atoms with E-state index < -0.39 is 6.09 Å². The zero-order valence-electron chi connectivity index (χ0n) is 17.7. The summed E-state index contributed by atoms with van der Waals surface area (Å²) in [5.74, 6) is 1.20. The minimum absolute atomic E-state index is 0.00464. The number of nitrogens with one attached hydrogen (secondary N) is 1. The number of ether oxygens (including phenoxy) is 2. The molecule has 3 N–H and O–H groups in total. The van der Waals surface area contributed by atoms with Crippen LogP contribution >= 0.6 is 0 Å². The highest BCUT2D eigenvalue weighted by molar-refractivity contribution is 5.96. The van der Waals surface area contributed by atoms with Crippen LogP contribution in [0.15, 0.2) is 72.8 Å². The first kappa shape index (κ1) is 20.1. The third kappa shape index (κ3) is 3.91. The third-order valence-electron chi connectivity index (χ3n) is 6.22. The lowest BCUT2D eigenvalue weighted by atomic mass is 9.93. The number of nitrogens with zero attached hydrogens (tertiary/aromatic N) is 1. The number of nitrogens with two attached hydrogens (primary N) is 1. The monoisotopic (exact) mass is 427 g/mol. The van der Waals surface area contributed by atoms with E-state index in [2.05, 4.69) is 36.4 Å². The molecule has 2 atom stereocenters. The van der Waals surface area contributed by atoms with Crippen LogP contribution in [0.4, 0.5) is 10.5 Å². The van der Waals surface area contributed by atoms with E-state index in [1.807, 2.05) is 12.1 Å². The van der Waals surface area contributed by atoms with Crippen LogP contribution in [0, 0.1) is 5.41 Å². The molecule has 1 fully saturated rings. The number of amidine groups is 1. The molecule has 0 radical (unpaired) electrons. The van der Waals surface area contributed by atoms with Crippen LogP contribution in [-0.2, 0) is 11.2 Å². The van der Waals surface area contributed by atoms with Crippen molar-refractivity contribution in [3.05, 3.63) is 95.1 Å². The van der Waals surface area contributed by atoms with Crippen LogP contribution < -0.4 is 15.4 Å². The van der Waals surface area contributed by atoms with Crippen LogP contribution in [0.3, 0.4) is 0 Å². The SMILES string of the molecule is N=C(N)c1ccc(N2CC(COc3ccc(C4CCc5ccccc54)cc3)OC2=O)cc1. The van der Waals surface area contributed by atoms with Crippen molar-refractivity contribution in [2.24, 2.45) is 5.73 Å². The molecule has 2 unspecified atom stereocenters.